The first kappa shape index (κ1) is 21.4. The molecule has 0 spiro atoms. The van der Waals surface area contributed by atoms with E-state index < -0.39 is 0 Å². The molecular formula is C29H36. The van der Waals surface area contributed by atoms with Gasteiger partial charge in [-0.15, -0.1) is 0 Å². The van der Waals surface area contributed by atoms with E-state index in [0.717, 1.165) is 17.9 Å². The number of hydrogen-bond donors (Lipinski definition) is 0. The van der Waals surface area contributed by atoms with E-state index in [1.807, 2.05) is 0 Å². The molecule has 0 N–H and O–H groups in total. The van der Waals surface area contributed by atoms with Gasteiger partial charge in [-0.1, -0.05) is 81.0 Å². The summed E-state index contributed by atoms with van der Waals surface area (Å²) >= 11 is 0. The van der Waals surface area contributed by atoms with E-state index >= 15 is 0 Å². The van der Waals surface area contributed by atoms with Crippen LogP contribution in [0.25, 0.3) is 0 Å². The summed E-state index contributed by atoms with van der Waals surface area (Å²) < 4.78 is 0. The van der Waals surface area contributed by atoms with Gasteiger partial charge in [0.1, 0.15) is 0 Å². The van der Waals surface area contributed by atoms with E-state index in [4.69, 9.17) is 0 Å². The molecule has 2 aromatic rings. The van der Waals surface area contributed by atoms with Crippen LogP contribution in [0.3, 0.4) is 0 Å². The molecule has 0 nitrogen and oxygen atoms in total. The van der Waals surface area contributed by atoms with E-state index in [0.29, 0.717) is 5.92 Å². The fourth-order valence-electron chi connectivity index (χ4n) is 4.31. The minimum absolute atomic E-state index is 0.691. The molecule has 0 heterocycles. The molecule has 0 unspecified atom stereocenters. The molecular weight excluding hydrogens is 348 g/mol. The van der Waals surface area contributed by atoms with Crippen LogP contribution in [0.5, 0.6) is 0 Å². The van der Waals surface area contributed by atoms with E-state index in [9.17, 15) is 0 Å². The molecule has 0 radical (unpaired) electrons. The van der Waals surface area contributed by atoms with E-state index in [2.05, 4.69) is 86.4 Å². The van der Waals surface area contributed by atoms with Gasteiger partial charge in [-0.25, -0.2) is 0 Å². The van der Waals surface area contributed by atoms with Crippen molar-refractivity contribution < 1.29 is 0 Å². The van der Waals surface area contributed by atoms with Gasteiger partial charge in [0.15, 0.2) is 0 Å². The van der Waals surface area contributed by atoms with Crippen LogP contribution in [-0.4, -0.2) is 0 Å². The van der Waals surface area contributed by atoms with Crippen molar-refractivity contribution in [2.75, 3.05) is 0 Å². The Bertz CT molecular complexity index is 803. The van der Waals surface area contributed by atoms with Crippen molar-refractivity contribution in [3.8, 4) is 11.8 Å². The summed E-state index contributed by atoms with van der Waals surface area (Å²) in [7, 11) is 0. The molecule has 0 aromatic heterocycles. The third-order valence-electron chi connectivity index (χ3n) is 6.32. The van der Waals surface area contributed by atoms with Crippen molar-refractivity contribution in [3.05, 3.63) is 82.9 Å². The van der Waals surface area contributed by atoms with Gasteiger partial charge >= 0.3 is 0 Å². The number of benzene rings is 2. The van der Waals surface area contributed by atoms with Crippen LogP contribution in [0.15, 0.2) is 60.7 Å². The lowest BCUT2D eigenvalue weighted by Crippen LogP contribution is -2.11. The zero-order valence-electron chi connectivity index (χ0n) is 18.3. The zero-order valence-corrected chi connectivity index (χ0v) is 18.3. The number of allylic oxidation sites excluding steroid dienone is 2. The van der Waals surface area contributed by atoms with Gasteiger partial charge in [-0.2, -0.15) is 0 Å². The van der Waals surface area contributed by atoms with Crippen molar-refractivity contribution in [2.24, 2.45) is 5.92 Å². The first-order chi connectivity index (χ1) is 14.3. The molecule has 2 aromatic carbocycles. The minimum Gasteiger partial charge on any atom is -0.0730 e. The molecule has 0 aliphatic heterocycles. The number of unbranched alkanes of at least 4 members (excludes halogenated alkanes) is 2. The second kappa shape index (κ2) is 11.7. The Balaban J connectivity index is 1.43. The predicted molar refractivity (Wildman–Crippen MR) is 126 cm³/mol. The molecule has 0 bridgehead atoms. The van der Waals surface area contributed by atoms with E-state index in [1.165, 1.54) is 68.1 Å². The maximum absolute atomic E-state index is 3.29. The van der Waals surface area contributed by atoms with Crippen molar-refractivity contribution in [1.29, 1.82) is 0 Å². The lowest BCUT2D eigenvalue weighted by atomic mass is 9.78. The van der Waals surface area contributed by atoms with Gasteiger partial charge in [0.2, 0.25) is 0 Å². The zero-order chi connectivity index (χ0) is 20.3. The smallest absolute Gasteiger partial charge is 0.0249 e. The van der Waals surface area contributed by atoms with E-state index in [1.54, 1.807) is 0 Å². The van der Waals surface area contributed by atoms with Crippen LogP contribution < -0.4 is 0 Å². The van der Waals surface area contributed by atoms with E-state index in [-0.39, 0.29) is 0 Å². The summed E-state index contributed by atoms with van der Waals surface area (Å²) in [5, 5.41) is 0. The van der Waals surface area contributed by atoms with Crippen molar-refractivity contribution >= 4 is 0 Å². The van der Waals surface area contributed by atoms with Crippen LogP contribution in [0, 0.1) is 17.8 Å². The number of hydrogen-bond acceptors (Lipinski definition) is 0. The lowest BCUT2D eigenvalue weighted by Gasteiger charge is -2.27. The Labute approximate surface area is 178 Å². The lowest BCUT2D eigenvalue weighted by molar-refractivity contribution is 0.376. The molecule has 1 saturated carbocycles. The Morgan fingerprint density at radius 1 is 0.828 bits per heavy atom. The first-order valence-electron chi connectivity index (χ1n) is 11.6. The fraction of sp³-hybridized carbons (Fsp3) is 0.448. The SMILES string of the molecule is CCCCCc1ccc(C#CC=CC2CCC(c3ccc(CC)cc3)CC2)cc1. The number of aryl methyl sites for hydroxylation is 2. The second-order valence-corrected chi connectivity index (χ2v) is 8.49. The topological polar surface area (TPSA) is 0 Å². The fourth-order valence-corrected chi connectivity index (χ4v) is 4.31. The van der Waals surface area contributed by atoms with Gasteiger partial charge in [0.05, 0.1) is 0 Å². The average Bonchev–Trinajstić information content (AvgIpc) is 2.78. The molecule has 29 heavy (non-hydrogen) atoms. The summed E-state index contributed by atoms with van der Waals surface area (Å²) in [4.78, 5) is 0. The van der Waals surface area contributed by atoms with Crippen molar-refractivity contribution in [2.45, 2.75) is 77.6 Å². The van der Waals surface area contributed by atoms with Crippen molar-refractivity contribution in [1.82, 2.24) is 0 Å². The third kappa shape index (κ3) is 6.93. The molecule has 0 atom stereocenters. The van der Waals surface area contributed by atoms with Crippen LogP contribution in [-0.2, 0) is 12.8 Å². The van der Waals surface area contributed by atoms with Gasteiger partial charge in [0, 0.05) is 5.56 Å². The monoisotopic (exact) mass is 384 g/mol. The van der Waals surface area contributed by atoms with Crippen LogP contribution in [0.4, 0.5) is 0 Å². The third-order valence-corrected chi connectivity index (χ3v) is 6.32. The number of rotatable bonds is 7. The van der Waals surface area contributed by atoms with Crippen molar-refractivity contribution in [3.63, 3.8) is 0 Å². The standard InChI is InChI=1S/C29H36/c1-3-5-6-9-25-12-14-26(15-13-25)10-7-8-11-27-18-22-29(23-19-27)28-20-16-24(4-2)17-21-28/h8,11-17,20-21,27,29H,3-6,9,18-19,22-23H2,1-2H3. The Kier molecular flexibility index (Phi) is 8.63. The average molecular weight is 385 g/mol. The molecule has 1 aliphatic carbocycles. The molecule has 0 heteroatoms. The highest BCUT2D eigenvalue weighted by atomic mass is 14.2. The normalized spacial score (nSPS) is 19.1. The summed E-state index contributed by atoms with van der Waals surface area (Å²) in [6.07, 6.45) is 15.8. The van der Waals surface area contributed by atoms with Gasteiger partial charge in [-0.05, 0) is 91.7 Å². The van der Waals surface area contributed by atoms with Crippen LogP contribution >= 0.6 is 0 Å². The molecule has 3 rings (SSSR count). The van der Waals surface area contributed by atoms with Crippen LogP contribution in [0.1, 0.15) is 87.0 Å². The quantitative estimate of drug-likeness (QED) is 0.336. The summed E-state index contributed by atoms with van der Waals surface area (Å²) in [6, 6.07) is 18.1. The molecule has 1 aliphatic rings. The summed E-state index contributed by atoms with van der Waals surface area (Å²) in [5.74, 6) is 7.97. The Morgan fingerprint density at radius 2 is 1.52 bits per heavy atom. The predicted octanol–water partition coefficient (Wildman–Crippen LogP) is 7.86. The largest absolute Gasteiger partial charge is 0.0730 e. The molecule has 1 fully saturated rings. The molecule has 152 valence electrons. The highest BCUT2D eigenvalue weighted by molar-refractivity contribution is 5.38. The second-order valence-electron chi connectivity index (χ2n) is 8.49. The Morgan fingerprint density at radius 3 is 2.17 bits per heavy atom. The van der Waals surface area contributed by atoms with Gasteiger partial charge in [0.25, 0.3) is 0 Å². The minimum atomic E-state index is 0.691. The van der Waals surface area contributed by atoms with Crippen LogP contribution in [0.2, 0.25) is 0 Å². The maximum Gasteiger partial charge on any atom is 0.0249 e. The first-order valence-corrected chi connectivity index (χ1v) is 11.6. The summed E-state index contributed by atoms with van der Waals surface area (Å²) in [6.45, 7) is 4.47. The molecule has 0 amide bonds. The summed E-state index contributed by atoms with van der Waals surface area (Å²) in [5.41, 5.74) is 5.52. The Hall–Kier alpha value is -2.26. The molecule has 0 saturated heterocycles. The highest BCUT2D eigenvalue weighted by Gasteiger charge is 2.20. The highest BCUT2D eigenvalue weighted by Crippen LogP contribution is 2.36. The van der Waals surface area contributed by atoms with Gasteiger partial charge in [-0.3, -0.25) is 0 Å². The van der Waals surface area contributed by atoms with Gasteiger partial charge < -0.3 is 0 Å². The maximum atomic E-state index is 3.29.